The molecule has 0 aliphatic heterocycles. The number of hydrogen-bond acceptors (Lipinski definition) is 7. The lowest BCUT2D eigenvalue weighted by Crippen LogP contribution is -2.05. The van der Waals surface area contributed by atoms with E-state index < -0.39 is 11.6 Å². The number of halogens is 2. The van der Waals surface area contributed by atoms with Gasteiger partial charge >= 0.3 is 0 Å². The van der Waals surface area contributed by atoms with Crippen LogP contribution >= 0.6 is 31.9 Å². The van der Waals surface area contributed by atoms with Crippen LogP contribution in [0.25, 0.3) is 0 Å². The topological polar surface area (TPSA) is 91.5 Å². The Morgan fingerprint density at radius 2 is 1.14 bits per heavy atom. The Balaban J connectivity index is 1.69. The van der Waals surface area contributed by atoms with E-state index in [0.29, 0.717) is 44.8 Å². The molecular weight excluding hydrogens is 604 g/mol. The molecule has 3 rings (SSSR count). The van der Waals surface area contributed by atoms with Crippen LogP contribution in [0.4, 0.5) is 0 Å². The van der Waals surface area contributed by atoms with E-state index in [2.05, 4.69) is 55.9 Å². The maximum atomic E-state index is 13.1. The van der Waals surface area contributed by atoms with Crippen molar-refractivity contribution < 1.29 is 23.5 Å². The third-order valence-electron chi connectivity index (χ3n) is 5.71. The maximum Gasteiger partial charge on any atom is 0.289 e. The van der Waals surface area contributed by atoms with E-state index in [1.807, 2.05) is 0 Å². The van der Waals surface area contributed by atoms with Crippen LogP contribution < -0.4 is 9.47 Å². The molecule has 0 N–H and O–H groups in total. The SMILES string of the molecule is CCCCCCOc1ccc(Br)c(C(=O)c2nnc(C(=O)c3cc(OCCCCCC)ccc3Br)o2)c1. The van der Waals surface area contributed by atoms with Crippen LogP contribution in [0.3, 0.4) is 0 Å². The van der Waals surface area contributed by atoms with E-state index in [-0.39, 0.29) is 11.8 Å². The first-order valence-corrected chi connectivity index (χ1v) is 14.3. The van der Waals surface area contributed by atoms with Gasteiger partial charge in [-0.2, -0.15) is 0 Å². The predicted octanol–water partition coefficient (Wildman–Crippen LogP) is 7.97. The van der Waals surface area contributed by atoms with Gasteiger partial charge in [-0.3, -0.25) is 9.59 Å². The van der Waals surface area contributed by atoms with Gasteiger partial charge < -0.3 is 13.9 Å². The quantitative estimate of drug-likeness (QED) is 0.116. The van der Waals surface area contributed by atoms with Gasteiger partial charge in [-0.1, -0.05) is 84.2 Å². The zero-order valence-corrected chi connectivity index (χ0v) is 24.4. The largest absolute Gasteiger partial charge is 0.494 e. The Hall–Kier alpha value is -2.52. The highest BCUT2D eigenvalue weighted by Crippen LogP contribution is 2.27. The summed E-state index contributed by atoms with van der Waals surface area (Å²) in [6.45, 7) is 5.46. The minimum absolute atomic E-state index is 0.274. The molecule has 0 saturated heterocycles. The van der Waals surface area contributed by atoms with Crippen LogP contribution in [0.5, 0.6) is 11.5 Å². The number of carbonyl (C=O) groups excluding carboxylic acids is 2. The number of ketones is 2. The smallest absolute Gasteiger partial charge is 0.289 e. The fourth-order valence-electron chi connectivity index (χ4n) is 3.61. The van der Waals surface area contributed by atoms with Gasteiger partial charge in [-0.15, -0.1) is 10.2 Å². The number of hydrogen-bond donors (Lipinski definition) is 0. The molecule has 3 aromatic rings. The van der Waals surface area contributed by atoms with Crippen molar-refractivity contribution in [3.63, 3.8) is 0 Å². The summed E-state index contributed by atoms with van der Waals surface area (Å²) in [5, 5.41) is 7.68. The second kappa shape index (κ2) is 15.0. The standard InChI is InChI=1S/C28H32Br2N2O5/c1-3-5-7-9-15-35-19-11-13-23(29)21(17-19)25(33)27-31-32-28(37-27)26(34)22-18-20(12-14-24(22)30)36-16-10-8-6-4-2/h11-14,17-18H,3-10,15-16H2,1-2H3. The van der Waals surface area contributed by atoms with Gasteiger partial charge in [0.15, 0.2) is 0 Å². The van der Waals surface area contributed by atoms with E-state index in [0.717, 1.165) is 38.5 Å². The summed E-state index contributed by atoms with van der Waals surface area (Å²) in [6.07, 6.45) is 8.73. The first-order valence-electron chi connectivity index (χ1n) is 12.7. The van der Waals surface area contributed by atoms with E-state index in [1.165, 1.54) is 12.8 Å². The minimum Gasteiger partial charge on any atom is -0.494 e. The second-order valence-corrected chi connectivity index (χ2v) is 10.4. The molecule has 0 amide bonds. The van der Waals surface area contributed by atoms with Crippen LogP contribution in [0.15, 0.2) is 49.8 Å². The molecule has 0 atom stereocenters. The number of nitrogens with zero attached hydrogens (tertiary/aromatic N) is 2. The summed E-state index contributed by atoms with van der Waals surface area (Å²) in [4.78, 5) is 26.2. The van der Waals surface area contributed by atoms with E-state index in [9.17, 15) is 9.59 Å². The zero-order valence-electron chi connectivity index (χ0n) is 21.2. The fourth-order valence-corrected chi connectivity index (χ4v) is 4.46. The Bertz CT molecular complexity index is 1110. The summed E-state index contributed by atoms with van der Waals surface area (Å²) >= 11 is 6.80. The van der Waals surface area contributed by atoms with E-state index in [4.69, 9.17) is 13.9 Å². The third kappa shape index (κ3) is 8.50. The molecule has 0 aliphatic carbocycles. The van der Waals surface area contributed by atoms with Crippen molar-refractivity contribution in [2.45, 2.75) is 65.2 Å². The molecule has 0 aliphatic rings. The minimum atomic E-state index is -0.502. The van der Waals surface area contributed by atoms with Crippen molar-refractivity contribution >= 4 is 43.4 Å². The highest BCUT2D eigenvalue weighted by molar-refractivity contribution is 9.10. The molecule has 198 valence electrons. The second-order valence-electron chi connectivity index (χ2n) is 8.67. The maximum absolute atomic E-state index is 13.1. The van der Waals surface area contributed by atoms with Crippen molar-refractivity contribution in [1.29, 1.82) is 0 Å². The number of benzene rings is 2. The number of aromatic nitrogens is 2. The molecule has 1 aromatic heterocycles. The van der Waals surface area contributed by atoms with Gasteiger partial charge in [-0.05, 0) is 49.2 Å². The average Bonchev–Trinajstić information content (AvgIpc) is 3.40. The molecule has 0 radical (unpaired) electrons. The zero-order chi connectivity index (χ0) is 26.6. The lowest BCUT2D eigenvalue weighted by atomic mass is 10.1. The molecule has 7 nitrogen and oxygen atoms in total. The van der Waals surface area contributed by atoms with E-state index >= 15 is 0 Å². The number of rotatable bonds is 16. The Morgan fingerprint density at radius 1 is 0.703 bits per heavy atom. The molecule has 2 aromatic carbocycles. The molecule has 37 heavy (non-hydrogen) atoms. The lowest BCUT2D eigenvalue weighted by Gasteiger charge is -2.08. The summed E-state index contributed by atoms with van der Waals surface area (Å²) < 4.78 is 18.2. The Labute approximate surface area is 234 Å². The fraction of sp³-hybridized carbons (Fsp3) is 0.429. The normalized spacial score (nSPS) is 10.9. The lowest BCUT2D eigenvalue weighted by molar-refractivity contribution is 0.0979. The Kier molecular flexibility index (Phi) is 11.8. The van der Waals surface area contributed by atoms with Crippen molar-refractivity contribution in [1.82, 2.24) is 10.2 Å². The first-order chi connectivity index (χ1) is 17.9. The summed E-state index contributed by atoms with van der Waals surface area (Å²) in [5.74, 6) is -0.396. The summed E-state index contributed by atoms with van der Waals surface area (Å²) in [6, 6.07) is 10.3. The average molecular weight is 636 g/mol. The Morgan fingerprint density at radius 3 is 1.54 bits per heavy atom. The van der Waals surface area contributed by atoms with Crippen LogP contribution in [0, 0.1) is 0 Å². The number of unbranched alkanes of at least 4 members (excludes halogenated alkanes) is 6. The molecule has 0 spiro atoms. The highest BCUT2D eigenvalue weighted by atomic mass is 79.9. The number of carbonyl (C=O) groups is 2. The highest BCUT2D eigenvalue weighted by Gasteiger charge is 2.25. The number of ether oxygens (including phenoxy) is 2. The van der Waals surface area contributed by atoms with Gasteiger partial charge in [0.1, 0.15) is 11.5 Å². The van der Waals surface area contributed by atoms with E-state index in [1.54, 1.807) is 36.4 Å². The van der Waals surface area contributed by atoms with Gasteiger partial charge in [0, 0.05) is 20.1 Å². The van der Waals surface area contributed by atoms with Crippen molar-refractivity contribution in [2.24, 2.45) is 0 Å². The molecule has 0 fully saturated rings. The van der Waals surface area contributed by atoms with Crippen molar-refractivity contribution in [3.8, 4) is 11.5 Å². The van der Waals surface area contributed by atoms with Crippen LogP contribution in [0.2, 0.25) is 0 Å². The van der Waals surface area contributed by atoms with Crippen molar-refractivity contribution in [3.05, 3.63) is 68.3 Å². The molecule has 9 heteroatoms. The summed E-state index contributed by atoms with van der Waals surface area (Å²) in [5.41, 5.74) is 0.627. The predicted molar refractivity (Wildman–Crippen MR) is 149 cm³/mol. The van der Waals surface area contributed by atoms with Gasteiger partial charge in [-0.25, -0.2) is 0 Å². The monoisotopic (exact) mass is 634 g/mol. The van der Waals surface area contributed by atoms with Crippen LogP contribution in [0.1, 0.15) is 97.7 Å². The molecule has 0 bridgehead atoms. The van der Waals surface area contributed by atoms with Gasteiger partial charge in [0.2, 0.25) is 0 Å². The molecule has 1 heterocycles. The third-order valence-corrected chi connectivity index (χ3v) is 7.09. The molecular formula is C28H32Br2N2O5. The van der Waals surface area contributed by atoms with Crippen molar-refractivity contribution in [2.75, 3.05) is 13.2 Å². The molecule has 0 saturated carbocycles. The van der Waals surface area contributed by atoms with Crippen LogP contribution in [-0.4, -0.2) is 35.0 Å². The molecule has 0 unspecified atom stereocenters. The van der Waals surface area contributed by atoms with Crippen LogP contribution in [-0.2, 0) is 0 Å². The summed E-state index contributed by atoms with van der Waals surface area (Å²) in [7, 11) is 0. The van der Waals surface area contributed by atoms with Gasteiger partial charge in [0.25, 0.3) is 23.3 Å². The van der Waals surface area contributed by atoms with Gasteiger partial charge in [0.05, 0.1) is 13.2 Å². The first kappa shape index (κ1) is 29.0.